The van der Waals surface area contributed by atoms with Gasteiger partial charge in [-0.1, -0.05) is 24.6 Å². The molecule has 5 atom stereocenters. The number of aliphatic hydroxyl groups excluding tert-OH is 1. The van der Waals surface area contributed by atoms with E-state index in [2.05, 4.69) is 16.9 Å². The Morgan fingerprint density at radius 2 is 1.91 bits per heavy atom. The third-order valence-electron chi connectivity index (χ3n) is 8.59. The average Bonchev–Trinajstić information content (AvgIpc) is 3.13. The summed E-state index contributed by atoms with van der Waals surface area (Å²) in [5.74, 6) is 1.27. The SMILES string of the molecule is CCOc1cc2c(cc1O)C(=NNS(=O)(=O)c1ccc(C)cc1)C[C@@H]1[C@@H]2CC[C@]2(C)[C@@H](O)CC[C@@H]12. The highest BCUT2D eigenvalue weighted by Crippen LogP contribution is 2.61. The molecular weight excluding hydrogens is 464 g/mol. The van der Waals surface area contributed by atoms with Gasteiger partial charge in [-0.25, -0.2) is 0 Å². The Bertz CT molecular complexity index is 1260. The molecule has 2 aromatic rings. The summed E-state index contributed by atoms with van der Waals surface area (Å²) in [6.45, 7) is 6.41. The molecule has 0 amide bonds. The first kappa shape index (κ1) is 24.1. The average molecular weight is 499 g/mol. The lowest BCUT2D eigenvalue weighted by atomic mass is 9.55. The number of nitrogens with one attached hydrogen (secondary N) is 1. The van der Waals surface area contributed by atoms with E-state index in [0.29, 0.717) is 30.4 Å². The summed E-state index contributed by atoms with van der Waals surface area (Å²) >= 11 is 0. The predicted octanol–water partition coefficient (Wildman–Crippen LogP) is 4.46. The van der Waals surface area contributed by atoms with Crippen LogP contribution in [0.3, 0.4) is 0 Å². The number of hydrogen-bond donors (Lipinski definition) is 3. The molecule has 0 radical (unpaired) electrons. The van der Waals surface area contributed by atoms with Gasteiger partial charge in [0.1, 0.15) is 0 Å². The van der Waals surface area contributed by atoms with Gasteiger partial charge in [-0.2, -0.15) is 18.4 Å². The van der Waals surface area contributed by atoms with Gasteiger partial charge in [0.2, 0.25) is 0 Å². The maximum Gasteiger partial charge on any atom is 0.276 e. The Labute approximate surface area is 207 Å². The molecule has 188 valence electrons. The number of sulfonamides is 1. The topological polar surface area (TPSA) is 108 Å². The first-order valence-corrected chi connectivity index (χ1v) is 14.0. The first-order valence-electron chi connectivity index (χ1n) is 12.5. The smallest absolute Gasteiger partial charge is 0.276 e. The number of rotatable bonds is 5. The molecule has 0 aliphatic heterocycles. The van der Waals surface area contributed by atoms with Gasteiger partial charge in [0.25, 0.3) is 10.0 Å². The van der Waals surface area contributed by atoms with E-state index in [1.807, 2.05) is 19.9 Å². The van der Waals surface area contributed by atoms with Crippen LogP contribution in [0.2, 0.25) is 0 Å². The number of ether oxygens (including phenoxy) is 1. The van der Waals surface area contributed by atoms with Gasteiger partial charge in [0.15, 0.2) is 11.5 Å². The van der Waals surface area contributed by atoms with E-state index in [1.165, 1.54) is 0 Å². The summed E-state index contributed by atoms with van der Waals surface area (Å²) in [4.78, 5) is 2.59. The Kier molecular flexibility index (Phi) is 6.08. The number of aliphatic hydroxyl groups is 1. The zero-order valence-electron chi connectivity index (χ0n) is 20.5. The third kappa shape index (κ3) is 4.10. The highest BCUT2D eigenvalue weighted by Gasteiger charge is 2.55. The van der Waals surface area contributed by atoms with E-state index in [1.54, 1.807) is 30.3 Å². The van der Waals surface area contributed by atoms with Crippen LogP contribution >= 0.6 is 0 Å². The van der Waals surface area contributed by atoms with Crippen LogP contribution in [0.15, 0.2) is 46.4 Å². The molecule has 8 heteroatoms. The zero-order valence-corrected chi connectivity index (χ0v) is 21.3. The van der Waals surface area contributed by atoms with Crippen molar-refractivity contribution in [2.24, 2.45) is 22.4 Å². The molecule has 0 saturated heterocycles. The molecule has 0 heterocycles. The molecule has 0 bridgehead atoms. The van der Waals surface area contributed by atoms with Crippen LogP contribution in [-0.4, -0.2) is 37.1 Å². The van der Waals surface area contributed by atoms with Crippen molar-refractivity contribution in [1.82, 2.24) is 4.83 Å². The van der Waals surface area contributed by atoms with Gasteiger partial charge < -0.3 is 14.9 Å². The molecule has 7 nitrogen and oxygen atoms in total. The molecule has 3 aliphatic rings. The van der Waals surface area contributed by atoms with Crippen LogP contribution in [0.1, 0.15) is 68.6 Å². The minimum absolute atomic E-state index is 0.0232. The predicted molar refractivity (Wildman–Crippen MR) is 134 cm³/mol. The number of fused-ring (bicyclic) bond motifs is 5. The van der Waals surface area contributed by atoms with Crippen molar-refractivity contribution < 1.29 is 23.4 Å². The lowest BCUT2D eigenvalue weighted by Gasteiger charge is -2.50. The molecular formula is C27H34N2O5S. The summed E-state index contributed by atoms with van der Waals surface area (Å²) in [6.07, 6.45) is 3.90. The lowest BCUT2D eigenvalue weighted by Crippen LogP contribution is -2.45. The number of aryl methyl sites for hydroxylation is 1. The standard InChI is InChI=1S/C27H34N2O5S/c1-4-34-25-15-19-18-11-12-27(3)22(9-10-26(27)31)20(18)13-23(21(19)14-24(25)30)28-29-35(32,33)17-7-5-16(2)6-8-17/h5-8,14-15,18,20,22,26,29-31H,4,9-13H2,1-3H3/t18-,20-,22+,26+,27+/m1/s1. The van der Waals surface area contributed by atoms with Crippen molar-refractivity contribution in [2.45, 2.75) is 69.8 Å². The van der Waals surface area contributed by atoms with Gasteiger partial charge in [-0.15, -0.1) is 0 Å². The largest absolute Gasteiger partial charge is 0.504 e. The molecule has 5 rings (SSSR count). The third-order valence-corrected chi connectivity index (χ3v) is 9.81. The van der Waals surface area contributed by atoms with Crippen molar-refractivity contribution in [2.75, 3.05) is 6.61 Å². The Balaban J connectivity index is 1.56. The summed E-state index contributed by atoms with van der Waals surface area (Å²) < 4.78 is 31.6. The summed E-state index contributed by atoms with van der Waals surface area (Å²) in [6, 6.07) is 10.2. The second kappa shape index (κ2) is 8.82. The first-order chi connectivity index (χ1) is 16.6. The Morgan fingerprint density at radius 3 is 2.63 bits per heavy atom. The fourth-order valence-electron chi connectivity index (χ4n) is 6.67. The molecule has 3 N–H and O–H groups in total. The van der Waals surface area contributed by atoms with Gasteiger partial charge in [0.05, 0.1) is 23.3 Å². The van der Waals surface area contributed by atoms with Crippen molar-refractivity contribution in [3.63, 3.8) is 0 Å². The number of hydrazone groups is 1. The number of phenols is 1. The summed E-state index contributed by atoms with van der Waals surface area (Å²) in [7, 11) is -3.84. The van der Waals surface area contributed by atoms with Crippen molar-refractivity contribution in [3.8, 4) is 11.5 Å². The minimum atomic E-state index is -3.84. The monoisotopic (exact) mass is 498 g/mol. The van der Waals surface area contributed by atoms with Gasteiger partial charge in [0, 0.05) is 5.56 Å². The lowest BCUT2D eigenvalue weighted by molar-refractivity contribution is -0.0177. The molecule has 0 unspecified atom stereocenters. The fourth-order valence-corrected chi connectivity index (χ4v) is 7.50. The zero-order chi connectivity index (χ0) is 25.0. The van der Waals surface area contributed by atoms with E-state index in [4.69, 9.17) is 4.74 Å². The maximum atomic E-state index is 12.9. The van der Waals surface area contributed by atoms with Crippen molar-refractivity contribution >= 4 is 15.7 Å². The number of nitrogens with zero attached hydrogens (tertiary/aromatic N) is 1. The quantitative estimate of drug-likeness (QED) is 0.528. The number of phenolic OH excluding ortho intramolecular Hbond substituents is 1. The fraction of sp³-hybridized carbons (Fsp3) is 0.519. The molecule has 2 aromatic carbocycles. The van der Waals surface area contributed by atoms with Crippen LogP contribution in [0, 0.1) is 24.2 Å². The normalized spacial score (nSPS) is 30.9. The van der Waals surface area contributed by atoms with Crippen LogP contribution in [0.25, 0.3) is 0 Å². The molecule has 2 fully saturated rings. The Morgan fingerprint density at radius 1 is 1.17 bits per heavy atom. The van der Waals surface area contributed by atoms with E-state index < -0.39 is 10.0 Å². The maximum absolute atomic E-state index is 12.9. The molecule has 3 aliphatic carbocycles. The van der Waals surface area contributed by atoms with Gasteiger partial charge in [-0.05, 0) is 98.9 Å². The summed E-state index contributed by atoms with van der Waals surface area (Å²) in [5.41, 5.74) is 3.26. The van der Waals surface area contributed by atoms with Crippen LogP contribution in [0.5, 0.6) is 11.5 Å². The molecule has 0 spiro atoms. The molecule has 35 heavy (non-hydrogen) atoms. The Hall–Kier alpha value is -2.58. The van der Waals surface area contributed by atoms with Crippen LogP contribution in [0.4, 0.5) is 0 Å². The highest BCUT2D eigenvalue weighted by atomic mass is 32.2. The number of hydrogen-bond acceptors (Lipinski definition) is 6. The van der Waals surface area contributed by atoms with E-state index in [0.717, 1.165) is 42.4 Å². The highest BCUT2D eigenvalue weighted by molar-refractivity contribution is 7.89. The van der Waals surface area contributed by atoms with Crippen molar-refractivity contribution in [1.29, 1.82) is 0 Å². The van der Waals surface area contributed by atoms with E-state index in [-0.39, 0.29) is 34.0 Å². The molecule has 0 aromatic heterocycles. The number of aromatic hydroxyl groups is 1. The van der Waals surface area contributed by atoms with Crippen molar-refractivity contribution in [3.05, 3.63) is 53.1 Å². The molecule has 2 saturated carbocycles. The second-order valence-corrected chi connectivity index (χ2v) is 12.2. The minimum Gasteiger partial charge on any atom is -0.504 e. The van der Waals surface area contributed by atoms with E-state index in [9.17, 15) is 18.6 Å². The van der Waals surface area contributed by atoms with E-state index >= 15 is 0 Å². The van der Waals surface area contributed by atoms with Crippen LogP contribution in [-0.2, 0) is 10.0 Å². The van der Waals surface area contributed by atoms with Gasteiger partial charge in [-0.3, -0.25) is 0 Å². The van der Waals surface area contributed by atoms with Gasteiger partial charge >= 0.3 is 0 Å². The van der Waals surface area contributed by atoms with Crippen LogP contribution < -0.4 is 9.57 Å². The number of benzene rings is 2. The second-order valence-electron chi connectivity index (χ2n) is 10.5. The summed E-state index contributed by atoms with van der Waals surface area (Å²) in [5, 5.41) is 25.8.